The third kappa shape index (κ3) is 4.93. The minimum absolute atomic E-state index is 0.769. The normalized spacial score (nSPS) is 10.8. The van der Waals surface area contributed by atoms with Gasteiger partial charge in [-0.2, -0.15) is 0 Å². The maximum absolute atomic E-state index is 5.31. The number of hydrogen-bond acceptors (Lipinski definition) is 3. The van der Waals surface area contributed by atoms with Crippen LogP contribution in [0.25, 0.3) is 6.08 Å². The number of methoxy groups -OCH3 is 2. The molecule has 0 saturated carbocycles. The fourth-order valence-corrected chi connectivity index (χ4v) is 2.21. The van der Waals surface area contributed by atoms with E-state index in [4.69, 9.17) is 9.47 Å². The highest BCUT2D eigenvalue weighted by molar-refractivity contribution is 5.48. The summed E-state index contributed by atoms with van der Waals surface area (Å²) in [6, 6.07) is 16.4. The second-order valence-corrected chi connectivity index (χ2v) is 4.96. The SMILES string of the molecule is COc1ccc(CCNCC=Cc2ccccc2)cc1OC. The molecule has 0 unspecified atom stereocenters. The number of hydrogen-bond donors (Lipinski definition) is 1. The molecule has 1 N–H and O–H groups in total. The summed E-state index contributed by atoms with van der Waals surface area (Å²) < 4.78 is 10.6. The van der Waals surface area contributed by atoms with Crippen molar-refractivity contribution in [2.24, 2.45) is 0 Å². The fourth-order valence-electron chi connectivity index (χ4n) is 2.21. The van der Waals surface area contributed by atoms with Crippen molar-refractivity contribution in [3.05, 3.63) is 65.7 Å². The van der Waals surface area contributed by atoms with E-state index in [0.29, 0.717) is 0 Å². The summed E-state index contributed by atoms with van der Waals surface area (Å²) in [5.41, 5.74) is 2.46. The summed E-state index contributed by atoms with van der Waals surface area (Å²) in [5.74, 6) is 1.55. The van der Waals surface area contributed by atoms with Crippen LogP contribution in [0.5, 0.6) is 11.5 Å². The minimum Gasteiger partial charge on any atom is -0.493 e. The smallest absolute Gasteiger partial charge is 0.160 e. The first-order valence-corrected chi connectivity index (χ1v) is 7.46. The highest BCUT2D eigenvalue weighted by Crippen LogP contribution is 2.27. The second kappa shape index (κ2) is 8.90. The molecule has 2 rings (SSSR count). The van der Waals surface area contributed by atoms with Gasteiger partial charge in [-0.15, -0.1) is 0 Å². The first kappa shape index (κ1) is 16.1. The van der Waals surface area contributed by atoms with Gasteiger partial charge in [-0.3, -0.25) is 0 Å². The standard InChI is InChI=1S/C19H23NO2/c1-21-18-11-10-17(15-19(18)22-2)12-14-20-13-6-9-16-7-4-3-5-8-16/h3-11,15,20H,12-14H2,1-2H3. The predicted molar refractivity (Wildman–Crippen MR) is 91.6 cm³/mol. The lowest BCUT2D eigenvalue weighted by atomic mass is 10.1. The van der Waals surface area contributed by atoms with Crippen molar-refractivity contribution < 1.29 is 9.47 Å². The van der Waals surface area contributed by atoms with Gasteiger partial charge in [-0.1, -0.05) is 48.6 Å². The van der Waals surface area contributed by atoms with Gasteiger partial charge in [0.25, 0.3) is 0 Å². The monoisotopic (exact) mass is 297 g/mol. The summed E-state index contributed by atoms with van der Waals surface area (Å²) in [5, 5.41) is 3.41. The van der Waals surface area contributed by atoms with Crippen molar-refractivity contribution in [3.8, 4) is 11.5 Å². The van der Waals surface area contributed by atoms with E-state index in [1.807, 2.05) is 30.3 Å². The van der Waals surface area contributed by atoms with Crippen LogP contribution in [0.3, 0.4) is 0 Å². The van der Waals surface area contributed by atoms with Crippen LogP contribution in [0.2, 0.25) is 0 Å². The molecule has 0 amide bonds. The van der Waals surface area contributed by atoms with Gasteiger partial charge in [-0.25, -0.2) is 0 Å². The number of rotatable bonds is 8. The Morgan fingerprint density at radius 1 is 0.955 bits per heavy atom. The van der Waals surface area contributed by atoms with E-state index in [9.17, 15) is 0 Å². The largest absolute Gasteiger partial charge is 0.493 e. The van der Waals surface area contributed by atoms with E-state index >= 15 is 0 Å². The molecule has 3 heteroatoms. The van der Waals surface area contributed by atoms with Crippen LogP contribution in [0, 0.1) is 0 Å². The van der Waals surface area contributed by atoms with Crippen molar-refractivity contribution in [2.45, 2.75) is 6.42 Å². The van der Waals surface area contributed by atoms with E-state index in [1.54, 1.807) is 14.2 Å². The maximum atomic E-state index is 5.31. The van der Waals surface area contributed by atoms with Crippen molar-refractivity contribution in [3.63, 3.8) is 0 Å². The Labute approximate surface area is 132 Å². The molecule has 0 spiro atoms. The third-order valence-corrected chi connectivity index (χ3v) is 3.41. The molecule has 0 bridgehead atoms. The van der Waals surface area contributed by atoms with Crippen LogP contribution in [-0.4, -0.2) is 27.3 Å². The van der Waals surface area contributed by atoms with E-state index in [-0.39, 0.29) is 0 Å². The minimum atomic E-state index is 0.769. The topological polar surface area (TPSA) is 30.5 Å². The van der Waals surface area contributed by atoms with Gasteiger partial charge in [0.15, 0.2) is 11.5 Å². The van der Waals surface area contributed by atoms with E-state index in [2.05, 4.69) is 35.7 Å². The van der Waals surface area contributed by atoms with Gasteiger partial charge >= 0.3 is 0 Å². The highest BCUT2D eigenvalue weighted by atomic mass is 16.5. The fraction of sp³-hybridized carbons (Fsp3) is 0.263. The second-order valence-electron chi connectivity index (χ2n) is 4.96. The Morgan fingerprint density at radius 2 is 1.73 bits per heavy atom. The molecular formula is C19H23NO2. The third-order valence-electron chi connectivity index (χ3n) is 3.41. The first-order chi connectivity index (χ1) is 10.8. The Balaban J connectivity index is 1.74. The van der Waals surface area contributed by atoms with Gasteiger partial charge in [0, 0.05) is 6.54 Å². The summed E-state index contributed by atoms with van der Waals surface area (Å²) in [4.78, 5) is 0. The summed E-state index contributed by atoms with van der Waals surface area (Å²) >= 11 is 0. The molecule has 3 nitrogen and oxygen atoms in total. The zero-order valence-corrected chi connectivity index (χ0v) is 13.2. The Hall–Kier alpha value is -2.26. The lowest BCUT2D eigenvalue weighted by Crippen LogP contribution is -2.16. The Morgan fingerprint density at radius 3 is 2.45 bits per heavy atom. The maximum Gasteiger partial charge on any atom is 0.160 e. The molecule has 0 fully saturated rings. The number of nitrogens with one attached hydrogen (secondary N) is 1. The van der Waals surface area contributed by atoms with Crippen LogP contribution >= 0.6 is 0 Å². The lowest BCUT2D eigenvalue weighted by Gasteiger charge is -2.09. The van der Waals surface area contributed by atoms with Crippen molar-refractivity contribution in [2.75, 3.05) is 27.3 Å². The quantitative estimate of drug-likeness (QED) is 0.756. The molecule has 0 aromatic heterocycles. The predicted octanol–water partition coefficient (Wildman–Crippen LogP) is 3.55. The molecule has 116 valence electrons. The van der Waals surface area contributed by atoms with Crippen LogP contribution in [0.4, 0.5) is 0 Å². The average Bonchev–Trinajstić information content (AvgIpc) is 2.58. The zero-order chi connectivity index (χ0) is 15.6. The van der Waals surface area contributed by atoms with Crippen LogP contribution in [-0.2, 0) is 6.42 Å². The lowest BCUT2D eigenvalue weighted by molar-refractivity contribution is 0.354. The average molecular weight is 297 g/mol. The van der Waals surface area contributed by atoms with Crippen LogP contribution in [0.15, 0.2) is 54.6 Å². The van der Waals surface area contributed by atoms with Crippen molar-refractivity contribution in [1.82, 2.24) is 5.32 Å². The summed E-state index contributed by atoms with van der Waals surface area (Å²) in [7, 11) is 3.31. The number of ether oxygens (including phenoxy) is 2. The van der Waals surface area contributed by atoms with Gasteiger partial charge in [0.05, 0.1) is 14.2 Å². The summed E-state index contributed by atoms with van der Waals surface area (Å²) in [6.07, 6.45) is 5.23. The molecule has 2 aromatic rings. The molecule has 2 aromatic carbocycles. The van der Waals surface area contributed by atoms with Crippen LogP contribution in [0.1, 0.15) is 11.1 Å². The highest BCUT2D eigenvalue weighted by Gasteiger charge is 2.03. The molecule has 0 heterocycles. The Kier molecular flexibility index (Phi) is 6.52. The van der Waals surface area contributed by atoms with Gasteiger partial charge in [0.1, 0.15) is 0 Å². The van der Waals surface area contributed by atoms with E-state index < -0.39 is 0 Å². The Bertz CT molecular complexity index is 594. The molecule has 0 aliphatic rings. The van der Waals surface area contributed by atoms with Gasteiger partial charge in [-0.05, 0) is 36.2 Å². The van der Waals surface area contributed by atoms with E-state index in [1.165, 1.54) is 11.1 Å². The van der Waals surface area contributed by atoms with Crippen molar-refractivity contribution in [1.29, 1.82) is 0 Å². The van der Waals surface area contributed by atoms with Crippen molar-refractivity contribution >= 4 is 6.08 Å². The van der Waals surface area contributed by atoms with Crippen LogP contribution < -0.4 is 14.8 Å². The molecule has 0 radical (unpaired) electrons. The molecule has 0 atom stereocenters. The molecular weight excluding hydrogens is 274 g/mol. The van der Waals surface area contributed by atoms with Gasteiger partial charge < -0.3 is 14.8 Å². The number of benzene rings is 2. The van der Waals surface area contributed by atoms with E-state index in [0.717, 1.165) is 31.0 Å². The molecule has 0 saturated heterocycles. The molecule has 22 heavy (non-hydrogen) atoms. The zero-order valence-electron chi connectivity index (χ0n) is 13.2. The molecule has 0 aliphatic heterocycles. The first-order valence-electron chi connectivity index (χ1n) is 7.46. The van der Waals surface area contributed by atoms with Gasteiger partial charge in [0.2, 0.25) is 0 Å². The summed E-state index contributed by atoms with van der Waals surface area (Å²) in [6.45, 7) is 1.79. The molecule has 0 aliphatic carbocycles.